The molecule has 0 atom stereocenters. The van der Waals surface area contributed by atoms with E-state index < -0.39 is 0 Å². The van der Waals surface area contributed by atoms with Gasteiger partial charge in [0.2, 0.25) is 0 Å². The summed E-state index contributed by atoms with van der Waals surface area (Å²) in [5.41, 5.74) is 4.50. The van der Waals surface area contributed by atoms with E-state index in [-0.39, 0.29) is 0 Å². The summed E-state index contributed by atoms with van der Waals surface area (Å²) in [5.74, 6) is 0. The van der Waals surface area contributed by atoms with Gasteiger partial charge < -0.3 is 0 Å². The second-order valence-electron chi connectivity index (χ2n) is 7.91. The molecule has 0 aromatic heterocycles. The Hall–Kier alpha value is -0.780. The van der Waals surface area contributed by atoms with Crippen molar-refractivity contribution in [1.82, 2.24) is 0 Å². The average molecular weight is 270 g/mol. The molecule has 2 fully saturated rings. The molecule has 0 spiro atoms. The van der Waals surface area contributed by atoms with Crippen molar-refractivity contribution in [2.75, 3.05) is 0 Å². The maximum Gasteiger partial charge on any atom is -0.0274 e. The first-order valence-corrected chi connectivity index (χ1v) is 8.71. The van der Waals surface area contributed by atoms with Crippen LogP contribution >= 0.6 is 0 Å². The van der Waals surface area contributed by atoms with E-state index in [0.717, 1.165) is 5.41 Å². The highest BCUT2D eigenvalue weighted by atomic mass is 14.6. The van der Waals surface area contributed by atoms with Crippen LogP contribution in [0.25, 0.3) is 0 Å². The third-order valence-corrected chi connectivity index (χ3v) is 6.11. The topological polar surface area (TPSA) is 0 Å². The van der Waals surface area contributed by atoms with Gasteiger partial charge in [0.1, 0.15) is 0 Å². The van der Waals surface area contributed by atoms with Crippen molar-refractivity contribution in [1.29, 1.82) is 0 Å². The van der Waals surface area contributed by atoms with Crippen molar-refractivity contribution >= 4 is 0 Å². The summed E-state index contributed by atoms with van der Waals surface area (Å²) < 4.78 is 0. The van der Waals surface area contributed by atoms with E-state index in [1.54, 1.807) is 5.56 Å². The zero-order chi connectivity index (χ0) is 14.1. The van der Waals surface area contributed by atoms with Crippen molar-refractivity contribution in [2.45, 2.75) is 78.1 Å². The van der Waals surface area contributed by atoms with Crippen LogP contribution in [-0.4, -0.2) is 0 Å². The van der Waals surface area contributed by atoms with Gasteiger partial charge in [0.15, 0.2) is 0 Å². The summed E-state index contributed by atoms with van der Waals surface area (Å²) in [6.07, 6.45) is 14.1. The minimum atomic E-state index is 0.712. The zero-order valence-corrected chi connectivity index (χ0v) is 13.4. The maximum absolute atomic E-state index is 2.52. The quantitative estimate of drug-likeness (QED) is 0.600. The van der Waals surface area contributed by atoms with E-state index >= 15 is 0 Å². The Balaban J connectivity index is 1.54. The highest BCUT2D eigenvalue weighted by Gasteiger charge is 2.50. The molecule has 0 nitrogen and oxygen atoms in total. The Bertz CT molecular complexity index is 432. The van der Waals surface area contributed by atoms with E-state index in [1.807, 2.05) is 0 Å². The summed E-state index contributed by atoms with van der Waals surface area (Å²) >= 11 is 0. The predicted octanol–water partition coefficient (Wildman–Crippen LogP) is 5.93. The lowest BCUT2D eigenvalue weighted by atomic mass is 9.79. The number of hydrogen-bond acceptors (Lipinski definition) is 0. The molecular formula is C20H30. The second-order valence-corrected chi connectivity index (χ2v) is 7.91. The fourth-order valence-electron chi connectivity index (χ4n) is 4.64. The van der Waals surface area contributed by atoms with Gasteiger partial charge in [0.25, 0.3) is 0 Å². The first-order valence-electron chi connectivity index (χ1n) is 8.71. The van der Waals surface area contributed by atoms with E-state index in [2.05, 4.69) is 38.1 Å². The van der Waals surface area contributed by atoms with Crippen LogP contribution in [0.5, 0.6) is 0 Å². The van der Waals surface area contributed by atoms with Gasteiger partial charge in [-0.25, -0.2) is 0 Å². The van der Waals surface area contributed by atoms with Gasteiger partial charge in [0.05, 0.1) is 0 Å². The van der Waals surface area contributed by atoms with Gasteiger partial charge in [0, 0.05) is 0 Å². The molecule has 0 unspecified atom stereocenters. The third-order valence-electron chi connectivity index (χ3n) is 6.11. The molecule has 2 aliphatic rings. The molecule has 1 aromatic rings. The van der Waals surface area contributed by atoms with Gasteiger partial charge in [-0.3, -0.25) is 0 Å². The lowest BCUT2D eigenvalue weighted by molar-refractivity contribution is 0.266. The molecule has 2 saturated carbocycles. The van der Waals surface area contributed by atoms with Gasteiger partial charge >= 0.3 is 0 Å². The Morgan fingerprint density at radius 1 is 0.900 bits per heavy atom. The van der Waals surface area contributed by atoms with Crippen LogP contribution in [0.3, 0.4) is 0 Å². The first-order chi connectivity index (χ1) is 9.63. The summed E-state index contributed by atoms with van der Waals surface area (Å²) in [5, 5.41) is 0. The van der Waals surface area contributed by atoms with Gasteiger partial charge in [-0.1, -0.05) is 44.5 Å². The molecule has 0 radical (unpaired) electrons. The van der Waals surface area contributed by atoms with Crippen LogP contribution in [0.1, 0.15) is 76.3 Å². The van der Waals surface area contributed by atoms with Crippen molar-refractivity contribution in [3.05, 3.63) is 35.4 Å². The molecular weight excluding hydrogens is 240 g/mol. The smallest absolute Gasteiger partial charge is 0.0274 e. The Morgan fingerprint density at radius 3 is 2.00 bits per heavy atom. The standard InChI is InChI=1S/C20H30/c1-3-4-5-17-6-8-18(9-7-17)10-11-20-14-12-19(2,16-20)13-15-20/h6-9H,3-5,10-16H2,1-2H3. The average Bonchev–Trinajstić information content (AvgIpc) is 2.98. The van der Waals surface area contributed by atoms with Crippen LogP contribution in [0.15, 0.2) is 24.3 Å². The summed E-state index contributed by atoms with van der Waals surface area (Å²) in [6.45, 7) is 4.79. The summed E-state index contributed by atoms with van der Waals surface area (Å²) in [4.78, 5) is 0. The lowest BCUT2D eigenvalue weighted by Crippen LogP contribution is -2.14. The van der Waals surface area contributed by atoms with E-state index in [4.69, 9.17) is 0 Å². The van der Waals surface area contributed by atoms with Crippen LogP contribution in [0, 0.1) is 10.8 Å². The molecule has 0 saturated heterocycles. The van der Waals surface area contributed by atoms with Crippen LogP contribution < -0.4 is 0 Å². The minimum Gasteiger partial charge on any atom is -0.0654 e. The SMILES string of the molecule is CCCCc1ccc(CCC23CCC(C)(CC2)C3)cc1. The van der Waals surface area contributed by atoms with Crippen molar-refractivity contribution < 1.29 is 0 Å². The molecule has 0 aliphatic heterocycles. The molecule has 20 heavy (non-hydrogen) atoms. The number of aryl methyl sites for hydroxylation is 2. The van der Waals surface area contributed by atoms with E-state index in [0.29, 0.717) is 5.41 Å². The van der Waals surface area contributed by atoms with Gasteiger partial charge in [-0.15, -0.1) is 0 Å². The van der Waals surface area contributed by atoms with Crippen LogP contribution in [0.2, 0.25) is 0 Å². The predicted molar refractivity (Wildman–Crippen MR) is 87.0 cm³/mol. The molecule has 3 rings (SSSR count). The number of hydrogen-bond donors (Lipinski definition) is 0. The molecule has 0 heteroatoms. The van der Waals surface area contributed by atoms with Crippen molar-refractivity contribution in [2.24, 2.45) is 10.8 Å². The number of rotatable bonds is 6. The zero-order valence-electron chi connectivity index (χ0n) is 13.4. The Kier molecular flexibility index (Phi) is 3.93. The highest BCUT2D eigenvalue weighted by molar-refractivity contribution is 5.23. The monoisotopic (exact) mass is 270 g/mol. The fraction of sp³-hybridized carbons (Fsp3) is 0.700. The number of fused-ring (bicyclic) bond motifs is 2. The molecule has 2 aliphatic carbocycles. The molecule has 0 N–H and O–H groups in total. The van der Waals surface area contributed by atoms with Crippen molar-refractivity contribution in [3.8, 4) is 0 Å². The second kappa shape index (κ2) is 5.54. The molecule has 1 aromatic carbocycles. The highest BCUT2D eigenvalue weighted by Crippen LogP contribution is 2.62. The fourth-order valence-corrected chi connectivity index (χ4v) is 4.64. The Labute approximate surface area is 125 Å². The molecule has 0 heterocycles. The molecule has 110 valence electrons. The van der Waals surface area contributed by atoms with Crippen LogP contribution in [0.4, 0.5) is 0 Å². The normalized spacial score (nSPS) is 31.9. The maximum atomic E-state index is 2.52. The summed E-state index contributed by atoms with van der Waals surface area (Å²) in [7, 11) is 0. The third kappa shape index (κ3) is 2.95. The Morgan fingerprint density at radius 2 is 1.50 bits per heavy atom. The minimum absolute atomic E-state index is 0.712. The van der Waals surface area contributed by atoms with E-state index in [9.17, 15) is 0 Å². The molecule has 0 amide bonds. The molecule has 2 bridgehead atoms. The lowest BCUT2D eigenvalue weighted by Gasteiger charge is -2.26. The van der Waals surface area contributed by atoms with Gasteiger partial charge in [-0.05, 0) is 79.7 Å². The first kappa shape index (κ1) is 14.2. The largest absolute Gasteiger partial charge is 0.0654 e. The number of unbranched alkanes of at least 4 members (excludes halogenated alkanes) is 1. The van der Waals surface area contributed by atoms with Crippen molar-refractivity contribution in [3.63, 3.8) is 0 Å². The van der Waals surface area contributed by atoms with Gasteiger partial charge in [-0.2, -0.15) is 0 Å². The number of benzene rings is 1. The van der Waals surface area contributed by atoms with E-state index in [1.165, 1.54) is 69.8 Å². The van der Waals surface area contributed by atoms with Crippen LogP contribution in [-0.2, 0) is 12.8 Å². The summed E-state index contributed by atoms with van der Waals surface area (Å²) in [6, 6.07) is 9.47.